The lowest BCUT2D eigenvalue weighted by Crippen LogP contribution is -2.22. The van der Waals surface area contributed by atoms with Gasteiger partial charge in [0.2, 0.25) is 0 Å². The predicted molar refractivity (Wildman–Crippen MR) is 74.8 cm³/mol. The number of fused-ring (bicyclic) bond motifs is 1. The largest absolute Gasteiger partial charge is 0.459 e. The lowest BCUT2D eigenvalue weighted by atomic mass is 10.1. The van der Waals surface area contributed by atoms with Crippen LogP contribution in [0.15, 0.2) is 28.7 Å². The second kappa shape index (κ2) is 5.33. The van der Waals surface area contributed by atoms with Crippen molar-refractivity contribution in [3.8, 4) is 0 Å². The van der Waals surface area contributed by atoms with E-state index in [0.29, 0.717) is 12.6 Å². The Morgan fingerprint density at radius 1 is 1.42 bits per heavy atom. The third-order valence-electron chi connectivity index (χ3n) is 3.92. The Bertz CT molecular complexity index is 564. The van der Waals surface area contributed by atoms with Crippen molar-refractivity contribution in [1.82, 2.24) is 4.90 Å². The summed E-state index contributed by atoms with van der Waals surface area (Å²) in [6.07, 6.45) is 1.44. The first-order valence-corrected chi connectivity index (χ1v) is 6.76. The number of likely N-dealkylation sites (tertiary alicyclic amines) is 1. The molecule has 2 heterocycles. The van der Waals surface area contributed by atoms with Crippen molar-refractivity contribution in [3.05, 3.63) is 35.6 Å². The van der Waals surface area contributed by atoms with Gasteiger partial charge in [-0.1, -0.05) is 18.2 Å². The van der Waals surface area contributed by atoms with Crippen molar-refractivity contribution in [2.24, 2.45) is 5.73 Å². The molecule has 1 aromatic heterocycles. The summed E-state index contributed by atoms with van der Waals surface area (Å²) in [6.45, 7) is 3.37. The Morgan fingerprint density at radius 3 is 3.00 bits per heavy atom. The zero-order valence-electron chi connectivity index (χ0n) is 11.3. The van der Waals surface area contributed by atoms with E-state index in [9.17, 15) is 0 Å². The number of benzene rings is 1. The lowest BCUT2D eigenvalue weighted by molar-refractivity contribution is 0.106. The van der Waals surface area contributed by atoms with Gasteiger partial charge in [0, 0.05) is 37.7 Å². The van der Waals surface area contributed by atoms with Crippen LogP contribution in [0.5, 0.6) is 0 Å². The number of hydrogen-bond acceptors (Lipinski definition) is 4. The second-order valence-electron chi connectivity index (χ2n) is 5.09. The van der Waals surface area contributed by atoms with Crippen molar-refractivity contribution in [2.45, 2.75) is 25.6 Å². The summed E-state index contributed by atoms with van der Waals surface area (Å²) in [5, 5.41) is 1.14. The lowest BCUT2D eigenvalue weighted by Gasteiger charge is -2.14. The van der Waals surface area contributed by atoms with E-state index in [0.717, 1.165) is 48.3 Å². The summed E-state index contributed by atoms with van der Waals surface area (Å²) in [4.78, 5) is 2.37. The standard InChI is InChI=1S/C15H20N2O2/c1-18-11-6-7-17(9-11)10-15-13(8-16)12-4-2-3-5-14(12)19-15/h2-5,11H,6-10,16H2,1H3. The average Bonchev–Trinajstić information content (AvgIpc) is 3.02. The minimum Gasteiger partial charge on any atom is -0.459 e. The molecule has 19 heavy (non-hydrogen) atoms. The number of ether oxygens (including phenoxy) is 1. The van der Waals surface area contributed by atoms with Crippen molar-refractivity contribution in [2.75, 3.05) is 20.2 Å². The number of para-hydroxylation sites is 1. The maximum absolute atomic E-state index is 5.96. The molecular formula is C15H20N2O2. The van der Waals surface area contributed by atoms with Crippen LogP contribution in [0.25, 0.3) is 11.0 Å². The molecule has 1 aromatic carbocycles. The third kappa shape index (κ3) is 2.39. The Hall–Kier alpha value is -1.36. The van der Waals surface area contributed by atoms with Crippen LogP contribution in [0.4, 0.5) is 0 Å². The molecule has 2 N–H and O–H groups in total. The zero-order chi connectivity index (χ0) is 13.2. The monoisotopic (exact) mass is 260 g/mol. The summed E-state index contributed by atoms with van der Waals surface area (Å²) in [6, 6.07) is 8.09. The molecule has 1 aliphatic rings. The molecule has 102 valence electrons. The van der Waals surface area contributed by atoms with E-state index < -0.39 is 0 Å². The first-order chi connectivity index (χ1) is 9.31. The van der Waals surface area contributed by atoms with E-state index in [2.05, 4.69) is 11.0 Å². The molecule has 0 bridgehead atoms. The van der Waals surface area contributed by atoms with E-state index in [1.54, 1.807) is 7.11 Å². The van der Waals surface area contributed by atoms with Crippen LogP contribution in [-0.4, -0.2) is 31.2 Å². The number of hydrogen-bond donors (Lipinski definition) is 1. The highest BCUT2D eigenvalue weighted by Crippen LogP contribution is 2.27. The molecule has 4 heteroatoms. The van der Waals surface area contributed by atoms with Gasteiger partial charge in [0.05, 0.1) is 12.6 Å². The molecule has 1 fully saturated rings. The summed E-state index contributed by atoms with van der Waals surface area (Å²) in [5.74, 6) is 1.00. The van der Waals surface area contributed by atoms with Gasteiger partial charge in [-0.15, -0.1) is 0 Å². The molecule has 0 saturated carbocycles. The Balaban J connectivity index is 1.84. The molecule has 3 rings (SSSR count). The van der Waals surface area contributed by atoms with E-state index in [1.807, 2.05) is 18.2 Å². The van der Waals surface area contributed by atoms with Gasteiger partial charge in [-0.2, -0.15) is 0 Å². The summed E-state index contributed by atoms with van der Waals surface area (Å²) < 4.78 is 11.4. The molecular weight excluding hydrogens is 240 g/mol. The third-order valence-corrected chi connectivity index (χ3v) is 3.92. The predicted octanol–water partition coefficient (Wildman–Crippen LogP) is 2.11. The Kier molecular flexibility index (Phi) is 3.55. The van der Waals surface area contributed by atoms with Gasteiger partial charge in [-0.3, -0.25) is 4.90 Å². The quantitative estimate of drug-likeness (QED) is 0.914. The van der Waals surface area contributed by atoms with Gasteiger partial charge in [-0.25, -0.2) is 0 Å². The fourth-order valence-corrected chi connectivity index (χ4v) is 2.84. The number of nitrogens with two attached hydrogens (primary N) is 1. The van der Waals surface area contributed by atoms with E-state index in [1.165, 1.54) is 0 Å². The minimum atomic E-state index is 0.353. The van der Waals surface area contributed by atoms with Gasteiger partial charge in [0.15, 0.2) is 0 Å². The Morgan fingerprint density at radius 2 is 2.26 bits per heavy atom. The van der Waals surface area contributed by atoms with E-state index >= 15 is 0 Å². The SMILES string of the molecule is COC1CCN(Cc2oc3ccccc3c2CN)C1. The van der Waals surface area contributed by atoms with Crippen LogP contribution in [0.3, 0.4) is 0 Å². The topological polar surface area (TPSA) is 51.6 Å². The van der Waals surface area contributed by atoms with Crippen LogP contribution >= 0.6 is 0 Å². The van der Waals surface area contributed by atoms with Crippen LogP contribution in [0.1, 0.15) is 17.7 Å². The number of rotatable bonds is 4. The maximum atomic E-state index is 5.96. The summed E-state index contributed by atoms with van der Waals surface area (Å²) in [7, 11) is 1.78. The molecule has 0 radical (unpaired) electrons. The number of nitrogens with zero attached hydrogens (tertiary/aromatic N) is 1. The molecule has 1 atom stereocenters. The van der Waals surface area contributed by atoms with Crippen molar-refractivity contribution >= 4 is 11.0 Å². The zero-order valence-corrected chi connectivity index (χ0v) is 11.3. The number of methoxy groups -OCH3 is 1. The van der Waals surface area contributed by atoms with Crippen molar-refractivity contribution < 1.29 is 9.15 Å². The summed E-state index contributed by atoms with van der Waals surface area (Å²) >= 11 is 0. The highest BCUT2D eigenvalue weighted by Gasteiger charge is 2.24. The van der Waals surface area contributed by atoms with E-state index in [-0.39, 0.29) is 0 Å². The molecule has 1 saturated heterocycles. The fraction of sp³-hybridized carbons (Fsp3) is 0.467. The van der Waals surface area contributed by atoms with Crippen LogP contribution in [0, 0.1) is 0 Å². The summed E-state index contributed by atoms with van der Waals surface area (Å²) in [5.41, 5.74) is 7.95. The average molecular weight is 260 g/mol. The molecule has 1 unspecified atom stereocenters. The molecule has 2 aromatic rings. The smallest absolute Gasteiger partial charge is 0.134 e. The van der Waals surface area contributed by atoms with Crippen molar-refractivity contribution in [3.63, 3.8) is 0 Å². The van der Waals surface area contributed by atoms with Gasteiger partial charge < -0.3 is 14.9 Å². The van der Waals surface area contributed by atoms with Crippen molar-refractivity contribution in [1.29, 1.82) is 0 Å². The van der Waals surface area contributed by atoms with Gasteiger partial charge in [0.1, 0.15) is 11.3 Å². The van der Waals surface area contributed by atoms with Crippen LogP contribution in [-0.2, 0) is 17.8 Å². The Labute approximate surface area is 113 Å². The normalized spacial score (nSPS) is 20.4. The van der Waals surface area contributed by atoms with Gasteiger partial charge in [-0.05, 0) is 12.5 Å². The molecule has 4 nitrogen and oxygen atoms in total. The molecule has 0 spiro atoms. The van der Waals surface area contributed by atoms with Crippen LogP contribution in [0.2, 0.25) is 0 Å². The minimum absolute atomic E-state index is 0.353. The van der Waals surface area contributed by atoms with Crippen LogP contribution < -0.4 is 5.73 Å². The molecule has 0 amide bonds. The van der Waals surface area contributed by atoms with Gasteiger partial charge in [0.25, 0.3) is 0 Å². The second-order valence-corrected chi connectivity index (χ2v) is 5.09. The molecule has 0 aliphatic carbocycles. The number of furan rings is 1. The van der Waals surface area contributed by atoms with Gasteiger partial charge >= 0.3 is 0 Å². The molecule has 1 aliphatic heterocycles. The first-order valence-electron chi connectivity index (χ1n) is 6.76. The fourth-order valence-electron chi connectivity index (χ4n) is 2.84. The van der Waals surface area contributed by atoms with E-state index in [4.69, 9.17) is 14.9 Å². The maximum Gasteiger partial charge on any atom is 0.134 e. The highest BCUT2D eigenvalue weighted by atomic mass is 16.5. The highest BCUT2D eigenvalue weighted by molar-refractivity contribution is 5.82. The first kappa shape index (κ1) is 12.7.